The number of pyridine rings is 1. The Morgan fingerprint density at radius 3 is 2.48 bits per heavy atom. The molecule has 242 valence electrons. The number of phenols is 1. The van der Waals surface area contributed by atoms with E-state index < -0.39 is 69.5 Å². The van der Waals surface area contributed by atoms with Gasteiger partial charge in [-0.3, -0.25) is 14.3 Å². The summed E-state index contributed by atoms with van der Waals surface area (Å²) < 4.78 is 98.6. The highest BCUT2D eigenvalue weighted by Gasteiger charge is 2.45. The molecule has 0 aliphatic carbocycles. The van der Waals surface area contributed by atoms with E-state index in [1.807, 2.05) is 4.90 Å². The number of nitrogens with zero attached hydrogens (tertiary/aromatic N) is 5. The first-order valence-electron chi connectivity index (χ1n) is 16.4. The largest absolute Gasteiger partial charge is 0.508 e. The Labute approximate surface area is 262 Å². The maximum Gasteiger partial charge on any atom is 0.431 e. The quantitative estimate of drug-likeness (QED) is 0.297. The third-order valence-corrected chi connectivity index (χ3v) is 9.83. The Balaban J connectivity index is 1.39. The van der Waals surface area contributed by atoms with Crippen LogP contribution in [0.25, 0.3) is 27.4 Å². The Morgan fingerprint density at radius 1 is 1.07 bits per heavy atom. The van der Waals surface area contributed by atoms with Crippen molar-refractivity contribution in [3.63, 3.8) is 0 Å². The molecular weight excluding hydrogens is 611 g/mol. The minimum absolute atomic E-state index is 0.0213. The SMILES string of the molecule is [2H]C([2H])(Oc1nc(N2C[C@H]3CC[C@@H](C2)N3)c2cc(C(F)(F)F)n(-c3cc(O)cc4ccc(F)c(F)c34)c(=O)c2n1)C12CCCN1CCC2. The highest BCUT2D eigenvalue weighted by atomic mass is 19.4. The van der Waals surface area contributed by atoms with Gasteiger partial charge in [-0.15, -0.1) is 0 Å². The molecule has 8 rings (SSSR count). The van der Waals surface area contributed by atoms with Crippen LogP contribution in [0.5, 0.6) is 11.8 Å². The molecule has 4 aliphatic rings. The number of ether oxygens (including phenoxy) is 1. The molecule has 0 radical (unpaired) electrons. The van der Waals surface area contributed by atoms with Crippen LogP contribution in [0.3, 0.4) is 0 Å². The number of alkyl halides is 3. The molecule has 14 heteroatoms. The van der Waals surface area contributed by atoms with Crippen molar-refractivity contribution < 1.29 is 34.5 Å². The number of piperazine rings is 1. The molecule has 0 spiro atoms. The van der Waals surface area contributed by atoms with Crippen LogP contribution in [-0.4, -0.2) is 74.9 Å². The summed E-state index contributed by atoms with van der Waals surface area (Å²) >= 11 is 0. The number of hydrogen-bond acceptors (Lipinski definition) is 8. The molecular formula is C32H31F5N6O3. The first-order chi connectivity index (χ1) is 22.8. The number of fused-ring (bicyclic) bond motifs is 5. The monoisotopic (exact) mass is 644 g/mol. The lowest BCUT2D eigenvalue weighted by atomic mass is 9.95. The van der Waals surface area contributed by atoms with Crippen molar-refractivity contribution in [2.24, 2.45) is 0 Å². The van der Waals surface area contributed by atoms with Gasteiger partial charge in [-0.05, 0) is 75.2 Å². The number of rotatable bonds is 5. The van der Waals surface area contributed by atoms with Crippen molar-refractivity contribution in [3.8, 4) is 17.4 Å². The maximum atomic E-state index is 15.3. The normalized spacial score (nSPS) is 23.6. The molecule has 46 heavy (non-hydrogen) atoms. The Kier molecular flexibility index (Phi) is 6.18. The number of anilines is 1. The van der Waals surface area contributed by atoms with E-state index in [-0.39, 0.29) is 33.2 Å². The van der Waals surface area contributed by atoms with Gasteiger partial charge in [-0.25, -0.2) is 8.78 Å². The van der Waals surface area contributed by atoms with Crippen LogP contribution in [0, 0.1) is 11.6 Å². The van der Waals surface area contributed by atoms with Gasteiger partial charge in [0.15, 0.2) is 11.6 Å². The van der Waals surface area contributed by atoms with Crippen LogP contribution in [0.1, 0.15) is 47.0 Å². The lowest BCUT2D eigenvalue weighted by Gasteiger charge is -2.35. The minimum atomic E-state index is -5.19. The highest BCUT2D eigenvalue weighted by Crippen LogP contribution is 2.41. The van der Waals surface area contributed by atoms with E-state index in [1.54, 1.807) is 4.90 Å². The number of benzene rings is 2. The van der Waals surface area contributed by atoms with Crippen LogP contribution in [0.2, 0.25) is 0 Å². The smallest absolute Gasteiger partial charge is 0.431 e. The highest BCUT2D eigenvalue weighted by molar-refractivity contribution is 5.94. The second-order valence-corrected chi connectivity index (χ2v) is 12.7. The van der Waals surface area contributed by atoms with E-state index in [0.717, 1.165) is 49.9 Å². The molecule has 2 N–H and O–H groups in total. The Morgan fingerprint density at radius 2 is 1.78 bits per heavy atom. The van der Waals surface area contributed by atoms with E-state index in [9.17, 15) is 27.5 Å². The minimum Gasteiger partial charge on any atom is -0.508 e. The molecule has 2 aromatic carbocycles. The molecule has 4 aliphatic heterocycles. The molecule has 2 atom stereocenters. The third-order valence-electron chi connectivity index (χ3n) is 9.83. The Bertz CT molecular complexity index is 2020. The molecule has 0 amide bonds. The number of nitrogens with one attached hydrogen (secondary N) is 1. The lowest BCUT2D eigenvalue weighted by molar-refractivity contribution is -0.142. The number of phenolic OH excluding ortho intramolecular Hbond substituents is 1. The maximum absolute atomic E-state index is 15.3. The zero-order valence-corrected chi connectivity index (χ0v) is 24.5. The summed E-state index contributed by atoms with van der Waals surface area (Å²) in [5.74, 6) is -3.47. The standard InChI is InChI=1S/C32H31F5N6O3/c33-22-6-3-17-11-20(44)12-23(25(17)26(22)34)43-24(32(35,36)37)13-21-27(29(43)45)39-30(46-16-31-7-1-9-42(31)10-2-8-31)40-28(21)41-14-18-4-5-19(15-41)38-18/h3,6,11-13,18-19,38,44H,1-2,4-5,7-10,14-16H2/t18-,19+/i16D2. The summed E-state index contributed by atoms with van der Waals surface area (Å²) in [4.78, 5) is 26.9. The van der Waals surface area contributed by atoms with Crippen molar-refractivity contribution in [3.05, 3.63) is 58.0 Å². The number of halogens is 5. The van der Waals surface area contributed by atoms with Crippen LogP contribution in [0.15, 0.2) is 35.1 Å². The average Bonchev–Trinajstić information content (AvgIpc) is 3.72. The van der Waals surface area contributed by atoms with E-state index in [0.29, 0.717) is 45.1 Å². The van der Waals surface area contributed by atoms with Crippen molar-refractivity contribution in [2.75, 3.05) is 37.6 Å². The van der Waals surface area contributed by atoms with Gasteiger partial charge in [-0.1, -0.05) is 6.07 Å². The molecule has 6 heterocycles. The zero-order chi connectivity index (χ0) is 33.7. The molecule has 0 saturated carbocycles. The summed E-state index contributed by atoms with van der Waals surface area (Å²) in [7, 11) is 0. The summed E-state index contributed by atoms with van der Waals surface area (Å²) in [6, 6.07) is 3.86. The number of aromatic hydroxyl groups is 1. The van der Waals surface area contributed by atoms with E-state index in [1.165, 1.54) is 0 Å². The first kappa shape index (κ1) is 27.1. The van der Waals surface area contributed by atoms with E-state index >= 15 is 4.39 Å². The second kappa shape index (κ2) is 10.5. The number of hydrogen-bond donors (Lipinski definition) is 2. The van der Waals surface area contributed by atoms with Crippen LogP contribution < -0.4 is 20.5 Å². The molecule has 2 bridgehead atoms. The van der Waals surface area contributed by atoms with Gasteiger partial charge in [0, 0.05) is 36.6 Å². The van der Waals surface area contributed by atoms with Gasteiger partial charge in [0.1, 0.15) is 29.3 Å². The van der Waals surface area contributed by atoms with Gasteiger partial charge < -0.3 is 20.1 Å². The summed E-state index contributed by atoms with van der Waals surface area (Å²) in [5, 5.41) is 12.8. The fourth-order valence-corrected chi connectivity index (χ4v) is 7.80. The number of aromatic nitrogens is 3. The van der Waals surface area contributed by atoms with Crippen molar-refractivity contribution >= 4 is 27.5 Å². The van der Waals surface area contributed by atoms with Gasteiger partial charge in [-0.2, -0.15) is 23.1 Å². The van der Waals surface area contributed by atoms with Crippen LogP contribution in [-0.2, 0) is 6.18 Å². The second-order valence-electron chi connectivity index (χ2n) is 12.7. The topological polar surface area (TPSA) is 95.8 Å². The predicted octanol–water partition coefficient (Wildman–Crippen LogP) is 4.88. The van der Waals surface area contributed by atoms with Crippen molar-refractivity contribution in [2.45, 2.75) is 62.3 Å². The molecule has 2 aromatic heterocycles. The van der Waals surface area contributed by atoms with Crippen LogP contribution in [0.4, 0.5) is 27.8 Å². The van der Waals surface area contributed by atoms with Gasteiger partial charge in [0.25, 0.3) is 5.56 Å². The predicted molar refractivity (Wildman–Crippen MR) is 160 cm³/mol. The van der Waals surface area contributed by atoms with Gasteiger partial charge in [0.2, 0.25) is 0 Å². The molecule has 9 nitrogen and oxygen atoms in total. The lowest BCUT2D eigenvalue weighted by Crippen LogP contribution is -2.51. The van der Waals surface area contributed by atoms with Gasteiger partial charge >= 0.3 is 12.2 Å². The molecule has 4 fully saturated rings. The van der Waals surface area contributed by atoms with Crippen molar-refractivity contribution in [1.82, 2.24) is 24.8 Å². The summed E-state index contributed by atoms with van der Waals surface area (Å²) in [5.41, 5.74) is -5.11. The van der Waals surface area contributed by atoms with Gasteiger partial charge in [0.05, 0.1) is 19.4 Å². The fraction of sp³-hybridized carbons (Fsp3) is 0.469. The average molecular weight is 645 g/mol. The van der Waals surface area contributed by atoms with Crippen LogP contribution >= 0.6 is 0 Å². The fourth-order valence-electron chi connectivity index (χ4n) is 7.80. The molecule has 4 saturated heterocycles. The Hall–Kier alpha value is -4.04. The first-order valence-corrected chi connectivity index (χ1v) is 15.4. The van der Waals surface area contributed by atoms with Crippen molar-refractivity contribution in [1.29, 1.82) is 0 Å². The summed E-state index contributed by atoms with van der Waals surface area (Å²) in [6.07, 6.45) is -0.947. The summed E-state index contributed by atoms with van der Waals surface area (Å²) in [6.45, 7) is -0.218. The third kappa shape index (κ3) is 4.67. The molecule has 4 aromatic rings. The zero-order valence-electron chi connectivity index (χ0n) is 26.5. The molecule has 0 unspecified atom stereocenters. The van der Waals surface area contributed by atoms with E-state index in [4.69, 9.17) is 7.48 Å². The van der Waals surface area contributed by atoms with E-state index in [2.05, 4.69) is 15.3 Å².